The molecule has 0 saturated carbocycles. The average Bonchev–Trinajstić information content (AvgIpc) is 3.02. The van der Waals surface area contributed by atoms with E-state index in [1.54, 1.807) is 6.92 Å². The molecule has 164 valence electrons. The van der Waals surface area contributed by atoms with Crippen LogP contribution in [0, 0.1) is 11.2 Å². The van der Waals surface area contributed by atoms with E-state index in [1.807, 2.05) is 17.0 Å². The summed E-state index contributed by atoms with van der Waals surface area (Å²) < 4.78 is 19.0. The third-order valence-electron chi connectivity index (χ3n) is 7.13. The first-order valence-corrected chi connectivity index (χ1v) is 11.1. The van der Waals surface area contributed by atoms with Crippen LogP contribution in [-0.2, 0) is 14.3 Å². The molecule has 0 aromatic heterocycles. The normalized spacial score (nSPS) is 26.8. The van der Waals surface area contributed by atoms with Crippen LogP contribution < -0.4 is 4.90 Å². The lowest BCUT2D eigenvalue weighted by atomic mass is 9.75. The Labute approximate surface area is 177 Å². The Balaban J connectivity index is 1.25. The summed E-state index contributed by atoms with van der Waals surface area (Å²) in [5.41, 5.74) is 0.678. The molecule has 3 fully saturated rings. The number of ether oxygens (including phenoxy) is 1. The van der Waals surface area contributed by atoms with E-state index in [4.69, 9.17) is 4.74 Å². The molecule has 0 aliphatic carbocycles. The van der Waals surface area contributed by atoms with Gasteiger partial charge in [0.1, 0.15) is 11.9 Å². The Morgan fingerprint density at radius 1 is 1.17 bits per heavy atom. The zero-order valence-corrected chi connectivity index (χ0v) is 18.0. The molecule has 1 aromatic rings. The van der Waals surface area contributed by atoms with Crippen LogP contribution in [0.5, 0.6) is 0 Å². The number of carbonyl (C=O) groups excluding carboxylic acids is 2. The van der Waals surface area contributed by atoms with Crippen LogP contribution in [0.2, 0.25) is 0 Å². The molecule has 30 heavy (non-hydrogen) atoms. The zero-order chi connectivity index (χ0) is 21.3. The van der Waals surface area contributed by atoms with Crippen molar-refractivity contribution < 1.29 is 18.7 Å². The molecule has 3 aliphatic heterocycles. The summed E-state index contributed by atoms with van der Waals surface area (Å²) in [7, 11) is 0. The van der Waals surface area contributed by atoms with Crippen molar-refractivity contribution in [1.82, 2.24) is 9.80 Å². The third-order valence-corrected chi connectivity index (χ3v) is 7.13. The Morgan fingerprint density at radius 2 is 1.87 bits per heavy atom. The fraction of sp³-hybridized carbons (Fsp3) is 0.652. The molecule has 1 spiro atoms. The summed E-state index contributed by atoms with van der Waals surface area (Å²) in [6, 6.07) is 7.06. The average molecular weight is 418 g/mol. The highest BCUT2D eigenvalue weighted by Crippen LogP contribution is 2.44. The van der Waals surface area contributed by atoms with Gasteiger partial charge < -0.3 is 14.5 Å². The summed E-state index contributed by atoms with van der Waals surface area (Å²) in [6.07, 6.45) is 3.05. The standard InChI is InChI=1S/C23H32FN3O3/c1-17-16-25(13-14-27(17)20-5-3-19(24)4-6-20)10-7-21-15-23(22(29)30-21)8-11-26(12-9-23)18(2)28/h3-6,17,21H,7-16H2,1-2H3/t17-,21+/m1/s1. The van der Waals surface area contributed by atoms with Gasteiger partial charge in [-0.3, -0.25) is 14.5 Å². The number of hydrogen-bond acceptors (Lipinski definition) is 5. The maximum Gasteiger partial charge on any atom is 0.312 e. The van der Waals surface area contributed by atoms with Crippen molar-refractivity contribution in [3.05, 3.63) is 30.1 Å². The number of benzene rings is 1. The van der Waals surface area contributed by atoms with Gasteiger partial charge in [-0.1, -0.05) is 0 Å². The van der Waals surface area contributed by atoms with Gasteiger partial charge >= 0.3 is 5.97 Å². The van der Waals surface area contributed by atoms with Gasteiger partial charge in [-0.25, -0.2) is 4.39 Å². The molecule has 6 nitrogen and oxygen atoms in total. The second-order valence-electron chi connectivity index (χ2n) is 9.13. The molecule has 0 unspecified atom stereocenters. The minimum Gasteiger partial charge on any atom is -0.462 e. The number of likely N-dealkylation sites (tertiary alicyclic amines) is 1. The van der Waals surface area contributed by atoms with Crippen molar-refractivity contribution in [2.45, 2.75) is 51.7 Å². The maximum absolute atomic E-state index is 13.2. The molecule has 3 aliphatic rings. The van der Waals surface area contributed by atoms with E-state index in [-0.39, 0.29) is 29.2 Å². The Kier molecular flexibility index (Phi) is 6.00. The molecule has 0 N–H and O–H groups in total. The molecule has 1 amide bonds. The number of amides is 1. The van der Waals surface area contributed by atoms with Gasteiger partial charge in [0.15, 0.2) is 0 Å². The monoisotopic (exact) mass is 417 g/mol. The topological polar surface area (TPSA) is 53.1 Å². The van der Waals surface area contributed by atoms with Crippen molar-refractivity contribution in [1.29, 1.82) is 0 Å². The Bertz CT molecular complexity index is 776. The fourth-order valence-corrected chi connectivity index (χ4v) is 5.23. The lowest BCUT2D eigenvalue weighted by molar-refractivity contribution is -0.152. The molecule has 0 bridgehead atoms. The van der Waals surface area contributed by atoms with Crippen LogP contribution >= 0.6 is 0 Å². The first-order valence-electron chi connectivity index (χ1n) is 11.1. The van der Waals surface area contributed by atoms with Crippen molar-refractivity contribution in [3.8, 4) is 0 Å². The molecular weight excluding hydrogens is 385 g/mol. The molecule has 0 radical (unpaired) electrons. The molecule has 7 heteroatoms. The van der Waals surface area contributed by atoms with Crippen molar-refractivity contribution in [2.75, 3.05) is 44.2 Å². The highest BCUT2D eigenvalue weighted by atomic mass is 19.1. The third kappa shape index (κ3) is 4.31. The summed E-state index contributed by atoms with van der Waals surface area (Å²) in [5.74, 6) is -0.187. The SMILES string of the molecule is CC(=O)N1CCC2(CC1)C[C@H](CCN1CCN(c3ccc(F)cc3)[C@H](C)C1)OC2=O. The molecule has 1 aromatic carbocycles. The fourth-order valence-electron chi connectivity index (χ4n) is 5.23. The van der Waals surface area contributed by atoms with E-state index in [9.17, 15) is 14.0 Å². The second kappa shape index (κ2) is 8.53. The second-order valence-corrected chi connectivity index (χ2v) is 9.13. The maximum atomic E-state index is 13.2. The van der Waals surface area contributed by atoms with Crippen LogP contribution in [0.4, 0.5) is 10.1 Å². The number of piperidine rings is 1. The lowest BCUT2D eigenvalue weighted by Crippen LogP contribution is -2.52. The number of rotatable bonds is 4. The van der Waals surface area contributed by atoms with E-state index in [0.717, 1.165) is 57.5 Å². The van der Waals surface area contributed by atoms with E-state index < -0.39 is 0 Å². The van der Waals surface area contributed by atoms with Gasteiger partial charge in [0.05, 0.1) is 5.41 Å². The Hall–Kier alpha value is -2.15. The largest absolute Gasteiger partial charge is 0.462 e. The van der Waals surface area contributed by atoms with Gasteiger partial charge in [0, 0.05) is 64.3 Å². The summed E-state index contributed by atoms with van der Waals surface area (Å²) >= 11 is 0. The molecule has 3 saturated heterocycles. The van der Waals surface area contributed by atoms with E-state index in [2.05, 4.69) is 16.7 Å². The molecule has 2 atom stereocenters. The van der Waals surface area contributed by atoms with E-state index in [1.165, 1.54) is 12.1 Å². The first-order chi connectivity index (χ1) is 14.4. The number of cyclic esters (lactones) is 1. The summed E-state index contributed by atoms with van der Waals surface area (Å²) in [4.78, 5) is 30.7. The predicted octanol–water partition coefficient (Wildman–Crippen LogP) is 2.67. The number of carbonyl (C=O) groups is 2. The van der Waals surface area contributed by atoms with E-state index in [0.29, 0.717) is 19.1 Å². The molecule has 3 heterocycles. The van der Waals surface area contributed by atoms with Gasteiger partial charge in [-0.05, 0) is 50.5 Å². The van der Waals surface area contributed by atoms with Crippen LogP contribution in [-0.4, -0.2) is 73.1 Å². The summed E-state index contributed by atoms with van der Waals surface area (Å²) in [6.45, 7) is 8.79. The van der Waals surface area contributed by atoms with Crippen LogP contribution in [0.1, 0.15) is 39.5 Å². The number of esters is 1. The minimum atomic E-state index is -0.384. The van der Waals surface area contributed by atoms with Gasteiger partial charge in [0.25, 0.3) is 0 Å². The highest BCUT2D eigenvalue weighted by molar-refractivity contribution is 5.80. The highest BCUT2D eigenvalue weighted by Gasteiger charge is 2.50. The number of nitrogens with zero attached hydrogens (tertiary/aromatic N) is 3. The van der Waals surface area contributed by atoms with Gasteiger partial charge in [-0.2, -0.15) is 0 Å². The Morgan fingerprint density at radius 3 is 2.50 bits per heavy atom. The van der Waals surface area contributed by atoms with Crippen LogP contribution in [0.25, 0.3) is 0 Å². The lowest BCUT2D eigenvalue weighted by Gasteiger charge is -2.41. The molecule has 4 rings (SSSR count). The molecular formula is C23H32FN3O3. The number of halogens is 1. The van der Waals surface area contributed by atoms with Gasteiger partial charge in [0.2, 0.25) is 5.91 Å². The van der Waals surface area contributed by atoms with Crippen LogP contribution in [0.3, 0.4) is 0 Å². The van der Waals surface area contributed by atoms with Crippen molar-refractivity contribution >= 4 is 17.6 Å². The van der Waals surface area contributed by atoms with E-state index >= 15 is 0 Å². The van der Waals surface area contributed by atoms with Crippen molar-refractivity contribution in [2.24, 2.45) is 5.41 Å². The quantitative estimate of drug-likeness (QED) is 0.705. The number of piperazine rings is 1. The van der Waals surface area contributed by atoms with Gasteiger partial charge in [-0.15, -0.1) is 0 Å². The summed E-state index contributed by atoms with van der Waals surface area (Å²) in [5, 5.41) is 0. The zero-order valence-electron chi connectivity index (χ0n) is 18.0. The number of anilines is 1. The predicted molar refractivity (Wildman–Crippen MR) is 113 cm³/mol. The van der Waals surface area contributed by atoms with Crippen LogP contribution in [0.15, 0.2) is 24.3 Å². The minimum absolute atomic E-state index is 0.0215. The number of hydrogen-bond donors (Lipinski definition) is 0. The first kappa shape index (κ1) is 21.1. The van der Waals surface area contributed by atoms with Crippen molar-refractivity contribution in [3.63, 3.8) is 0 Å². The smallest absolute Gasteiger partial charge is 0.312 e.